The smallest absolute Gasteiger partial charge is 0.183 e. The first-order chi connectivity index (χ1) is 18.0. The molecule has 3 aromatic heterocycles. The normalized spacial score (nSPS) is 21.3. The summed E-state index contributed by atoms with van der Waals surface area (Å²) in [6.45, 7) is 4.34. The van der Waals surface area contributed by atoms with Crippen LogP contribution in [0.3, 0.4) is 0 Å². The van der Waals surface area contributed by atoms with Crippen molar-refractivity contribution in [2.45, 2.75) is 51.2 Å². The number of aliphatic hydroxyl groups excluding tert-OH is 1. The minimum atomic E-state index is -0.739. The Balaban J connectivity index is 1.21. The largest absolute Gasteiger partial charge is 0.387 e. The Kier molecular flexibility index (Phi) is 5.19. The van der Waals surface area contributed by atoms with Gasteiger partial charge < -0.3 is 20.6 Å². The molecule has 7 rings (SSSR count). The molecule has 0 amide bonds. The number of rotatable bonds is 3. The Morgan fingerprint density at radius 1 is 1.08 bits per heavy atom. The highest BCUT2D eigenvalue weighted by Gasteiger charge is 2.48. The van der Waals surface area contributed by atoms with E-state index in [1.165, 1.54) is 11.1 Å². The van der Waals surface area contributed by atoms with Gasteiger partial charge in [-0.3, -0.25) is 10.1 Å². The molecular formula is C28H33N8O+. The first-order valence-electron chi connectivity index (χ1n) is 13.4. The molecule has 1 aromatic carbocycles. The van der Waals surface area contributed by atoms with Crippen molar-refractivity contribution in [1.29, 1.82) is 0 Å². The minimum Gasteiger partial charge on any atom is -0.387 e. The zero-order valence-corrected chi connectivity index (χ0v) is 21.2. The van der Waals surface area contributed by atoms with Crippen LogP contribution >= 0.6 is 0 Å². The number of H-pyrrole nitrogens is 1. The van der Waals surface area contributed by atoms with Gasteiger partial charge in [0.2, 0.25) is 0 Å². The maximum atomic E-state index is 10.8. The fourth-order valence-corrected chi connectivity index (χ4v) is 6.70. The number of benzene rings is 1. The van der Waals surface area contributed by atoms with Gasteiger partial charge in [-0.05, 0) is 56.7 Å². The highest BCUT2D eigenvalue weighted by Crippen LogP contribution is 2.50. The van der Waals surface area contributed by atoms with Gasteiger partial charge in [0.25, 0.3) is 0 Å². The molecule has 1 saturated heterocycles. The second-order valence-corrected chi connectivity index (χ2v) is 10.9. The van der Waals surface area contributed by atoms with Crippen molar-refractivity contribution in [1.82, 2.24) is 25.1 Å². The lowest BCUT2D eigenvalue weighted by molar-refractivity contribution is -0.453. The van der Waals surface area contributed by atoms with E-state index in [0.29, 0.717) is 22.9 Å². The van der Waals surface area contributed by atoms with Gasteiger partial charge in [0.1, 0.15) is 11.7 Å². The number of nitrogens with zero attached hydrogens (tertiary/aromatic N) is 6. The van der Waals surface area contributed by atoms with E-state index < -0.39 is 6.10 Å². The summed E-state index contributed by atoms with van der Waals surface area (Å²) >= 11 is 0. The number of nitrogens with one attached hydrogen (secondary N) is 1. The molecule has 190 valence electrons. The van der Waals surface area contributed by atoms with Crippen LogP contribution in [0.25, 0.3) is 11.2 Å². The molecule has 0 unspecified atom stereocenters. The third-order valence-electron chi connectivity index (χ3n) is 8.76. The topological polar surface area (TPSA) is 122 Å². The van der Waals surface area contributed by atoms with E-state index in [9.17, 15) is 5.11 Å². The van der Waals surface area contributed by atoms with Crippen LogP contribution in [0, 0.1) is 5.41 Å². The van der Waals surface area contributed by atoms with E-state index in [-0.39, 0.29) is 5.41 Å². The zero-order chi connectivity index (χ0) is 25.1. The van der Waals surface area contributed by atoms with E-state index >= 15 is 0 Å². The molecule has 2 aliphatic heterocycles. The van der Waals surface area contributed by atoms with E-state index in [1.54, 1.807) is 6.92 Å². The summed E-state index contributed by atoms with van der Waals surface area (Å²) < 4.78 is 0. The van der Waals surface area contributed by atoms with Crippen molar-refractivity contribution in [2.75, 3.05) is 29.4 Å². The SMILES string of the molecule is C[C@H](O)c1nc2c(N3CCCc4ncccc43)n[nH]c2nc1N1CCC2(CC1)Cc1ccccc1[C@H]2[NH3+]. The third kappa shape index (κ3) is 3.52. The van der Waals surface area contributed by atoms with Crippen LogP contribution < -0.4 is 15.5 Å². The average molecular weight is 498 g/mol. The van der Waals surface area contributed by atoms with Gasteiger partial charge >= 0.3 is 0 Å². The van der Waals surface area contributed by atoms with Gasteiger partial charge in [-0.2, -0.15) is 5.10 Å². The molecule has 0 saturated carbocycles. The Hall–Kier alpha value is -3.56. The van der Waals surface area contributed by atoms with Crippen molar-refractivity contribution in [2.24, 2.45) is 5.41 Å². The Morgan fingerprint density at radius 2 is 1.92 bits per heavy atom. The van der Waals surface area contributed by atoms with Gasteiger partial charge in [0, 0.05) is 36.8 Å². The number of hydrogen-bond acceptors (Lipinski definition) is 7. The molecule has 1 aliphatic carbocycles. The van der Waals surface area contributed by atoms with Gasteiger partial charge in [0.15, 0.2) is 22.8 Å². The number of aliphatic hydroxyl groups is 1. The van der Waals surface area contributed by atoms with Crippen molar-refractivity contribution in [3.05, 3.63) is 65.1 Å². The molecule has 5 heterocycles. The molecule has 5 N–H and O–H groups in total. The first kappa shape index (κ1) is 22.6. The van der Waals surface area contributed by atoms with Crippen LogP contribution in [0.5, 0.6) is 0 Å². The Morgan fingerprint density at radius 3 is 2.73 bits per heavy atom. The summed E-state index contributed by atoms with van der Waals surface area (Å²) in [6, 6.07) is 13.1. The summed E-state index contributed by atoms with van der Waals surface area (Å²) in [6.07, 6.45) is 6.24. The maximum Gasteiger partial charge on any atom is 0.183 e. The van der Waals surface area contributed by atoms with Gasteiger partial charge in [-0.1, -0.05) is 24.3 Å². The fraction of sp³-hybridized carbons (Fsp3) is 0.429. The first-order valence-corrected chi connectivity index (χ1v) is 13.4. The number of quaternary nitrogens is 1. The molecule has 9 nitrogen and oxygen atoms in total. The van der Waals surface area contributed by atoms with E-state index in [0.717, 1.165) is 74.8 Å². The van der Waals surface area contributed by atoms with Crippen LogP contribution in [0.2, 0.25) is 0 Å². The zero-order valence-electron chi connectivity index (χ0n) is 21.2. The second kappa shape index (κ2) is 8.49. The second-order valence-electron chi connectivity index (χ2n) is 10.9. The molecule has 9 heteroatoms. The number of hydrogen-bond donors (Lipinski definition) is 3. The summed E-state index contributed by atoms with van der Waals surface area (Å²) in [7, 11) is 0. The van der Waals surface area contributed by atoms with Crippen molar-refractivity contribution >= 4 is 28.5 Å². The lowest BCUT2D eigenvalue weighted by atomic mass is 9.73. The quantitative estimate of drug-likeness (QED) is 0.398. The Labute approximate surface area is 215 Å². The highest BCUT2D eigenvalue weighted by atomic mass is 16.3. The predicted molar refractivity (Wildman–Crippen MR) is 142 cm³/mol. The van der Waals surface area contributed by atoms with Gasteiger partial charge in [0.05, 0.1) is 17.5 Å². The van der Waals surface area contributed by atoms with E-state index in [2.05, 4.69) is 61.0 Å². The van der Waals surface area contributed by atoms with Crippen LogP contribution in [-0.4, -0.2) is 49.9 Å². The summed E-state index contributed by atoms with van der Waals surface area (Å²) in [5.74, 6) is 1.50. The number of piperidine rings is 1. The van der Waals surface area contributed by atoms with Crippen LogP contribution in [-0.2, 0) is 12.8 Å². The van der Waals surface area contributed by atoms with E-state index in [4.69, 9.17) is 9.97 Å². The van der Waals surface area contributed by atoms with Crippen molar-refractivity contribution in [3.63, 3.8) is 0 Å². The molecule has 3 aliphatic rings. The van der Waals surface area contributed by atoms with Crippen LogP contribution in [0.1, 0.15) is 60.8 Å². The third-order valence-corrected chi connectivity index (χ3v) is 8.76. The van der Waals surface area contributed by atoms with Crippen molar-refractivity contribution in [3.8, 4) is 0 Å². The average Bonchev–Trinajstić information content (AvgIpc) is 3.46. The predicted octanol–water partition coefficient (Wildman–Crippen LogP) is 3.01. The van der Waals surface area contributed by atoms with Crippen LogP contribution in [0.4, 0.5) is 17.3 Å². The molecule has 2 atom stereocenters. The minimum absolute atomic E-state index is 0.194. The van der Waals surface area contributed by atoms with Gasteiger partial charge in [-0.15, -0.1) is 0 Å². The standard InChI is InChI=1S/C28H32N8O/c1-17(37)22-26(35-14-10-28(11-15-35)16-18-6-2-3-7-19(18)24(28)29)32-25-23(31-22)27(34-33-25)36-13-5-8-20-21(36)9-4-12-30-20/h2-4,6-7,9,12,17,24,37H,5,8,10-11,13-16,29H2,1H3,(H,32,33,34)/p+1/t17-,24+/m0/s1. The molecule has 4 aromatic rings. The fourth-order valence-electron chi connectivity index (χ4n) is 6.70. The summed E-state index contributed by atoms with van der Waals surface area (Å²) in [5.41, 5.74) is 11.7. The van der Waals surface area contributed by atoms with E-state index in [1.807, 2.05) is 12.3 Å². The molecule has 37 heavy (non-hydrogen) atoms. The summed E-state index contributed by atoms with van der Waals surface area (Å²) in [4.78, 5) is 19.0. The lowest BCUT2D eigenvalue weighted by Crippen LogP contribution is -2.61. The molecule has 0 radical (unpaired) electrons. The lowest BCUT2D eigenvalue weighted by Gasteiger charge is -2.41. The number of fused-ring (bicyclic) bond motifs is 3. The van der Waals surface area contributed by atoms with Crippen molar-refractivity contribution < 1.29 is 10.8 Å². The van der Waals surface area contributed by atoms with Gasteiger partial charge in [-0.25, -0.2) is 9.97 Å². The summed E-state index contributed by atoms with van der Waals surface area (Å²) in [5, 5.41) is 18.5. The number of aryl methyl sites for hydroxylation is 1. The molecule has 0 bridgehead atoms. The molecule has 1 fully saturated rings. The number of aromatic nitrogens is 5. The highest BCUT2D eigenvalue weighted by molar-refractivity contribution is 5.88. The van der Waals surface area contributed by atoms with Crippen LogP contribution in [0.15, 0.2) is 42.6 Å². The maximum absolute atomic E-state index is 10.8. The monoisotopic (exact) mass is 497 g/mol. The molecular weight excluding hydrogens is 464 g/mol. The number of anilines is 3. The molecule has 1 spiro atoms. The Bertz CT molecular complexity index is 1470. The number of aromatic amines is 1. The number of pyridine rings is 1.